The van der Waals surface area contributed by atoms with Gasteiger partial charge in [-0.15, -0.1) is 6.42 Å². The van der Waals surface area contributed by atoms with E-state index in [2.05, 4.69) is 11.2 Å². The molecule has 2 amide bonds. The van der Waals surface area contributed by atoms with Gasteiger partial charge in [0.25, 0.3) is 0 Å². The van der Waals surface area contributed by atoms with Crippen LogP contribution in [0.2, 0.25) is 0 Å². The fraction of sp³-hybridized carbons (Fsp3) is 0.286. The maximum absolute atomic E-state index is 12.0. The molecule has 1 aliphatic rings. The summed E-state index contributed by atoms with van der Waals surface area (Å²) in [7, 11) is 0. The lowest BCUT2D eigenvalue weighted by Crippen LogP contribution is -2.39. The predicted octanol–water partition coefficient (Wildman–Crippen LogP) is 1.01. The number of anilines is 1. The first kappa shape index (κ1) is 14.5. The molecule has 2 N–H and O–H groups in total. The van der Waals surface area contributed by atoms with E-state index < -0.39 is 18.5 Å². The number of aliphatic carboxylic acids is 1. The van der Waals surface area contributed by atoms with Gasteiger partial charge < -0.3 is 24.8 Å². The number of benzene rings is 1. The van der Waals surface area contributed by atoms with Crippen LogP contribution in [-0.2, 0) is 4.79 Å². The molecule has 1 aromatic carbocycles. The molecule has 0 atom stereocenters. The predicted molar refractivity (Wildman–Crippen MR) is 74.5 cm³/mol. The Kier molecular flexibility index (Phi) is 4.51. The number of nitrogens with zero attached hydrogens (tertiary/aromatic N) is 1. The van der Waals surface area contributed by atoms with Gasteiger partial charge in [0.05, 0.1) is 6.54 Å². The molecule has 2 rings (SSSR count). The first-order valence-corrected chi connectivity index (χ1v) is 6.21. The van der Waals surface area contributed by atoms with Crippen LogP contribution in [0.4, 0.5) is 10.5 Å². The van der Waals surface area contributed by atoms with Gasteiger partial charge in [-0.2, -0.15) is 0 Å². The Morgan fingerprint density at radius 2 is 2.05 bits per heavy atom. The van der Waals surface area contributed by atoms with Crippen LogP contribution in [0.3, 0.4) is 0 Å². The second-order valence-corrected chi connectivity index (χ2v) is 4.24. The van der Waals surface area contributed by atoms with E-state index in [-0.39, 0.29) is 6.54 Å². The number of rotatable bonds is 4. The zero-order valence-corrected chi connectivity index (χ0v) is 11.2. The topological polar surface area (TPSA) is 88.1 Å². The lowest BCUT2D eigenvalue weighted by molar-refractivity contribution is -0.137. The summed E-state index contributed by atoms with van der Waals surface area (Å²) in [5, 5.41) is 11.3. The summed E-state index contributed by atoms with van der Waals surface area (Å²) in [5.74, 6) is 2.24. The fourth-order valence-corrected chi connectivity index (χ4v) is 1.80. The number of hydrogen-bond donors (Lipinski definition) is 2. The monoisotopic (exact) mass is 290 g/mol. The molecule has 1 aromatic rings. The molecule has 0 fully saturated rings. The van der Waals surface area contributed by atoms with Crippen molar-refractivity contribution >= 4 is 17.7 Å². The van der Waals surface area contributed by atoms with E-state index in [9.17, 15) is 9.59 Å². The van der Waals surface area contributed by atoms with Crippen LogP contribution in [0.5, 0.6) is 11.5 Å². The summed E-state index contributed by atoms with van der Waals surface area (Å²) in [6.07, 6.45) is 5.13. The number of fused-ring (bicyclic) bond motifs is 1. The van der Waals surface area contributed by atoms with Crippen molar-refractivity contribution < 1.29 is 24.2 Å². The molecule has 1 aliphatic heterocycles. The van der Waals surface area contributed by atoms with Crippen molar-refractivity contribution in [3.05, 3.63) is 18.2 Å². The molecule has 21 heavy (non-hydrogen) atoms. The van der Waals surface area contributed by atoms with E-state index in [1.807, 2.05) is 0 Å². The number of carbonyl (C=O) groups is 2. The minimum Gasteiger partial charge on any atom is -0.486 e. The minimum absolute atomic E-state index is 0.0946. The van der Waals surface area contributed by atoms with Gasteiger partial charge in [0.15, 0.2) is 11.5 Å². The number of nitrogens with one attached hydrogen (secondary N) is 1. The maximum Gasteiger partial charge on any atom is 0.323 e. The lowest BCUT2D eigenvalue weighted by Gasteiger charge is -2.21. The zero-order chi connectivity index (χ0) is 15.2. The zero-order valence-electron chi connectivity index (χ0n) is 11.2. The van der Waals surface area contributed by atoms with Crippen molar-refractivity contribution in [3.8, 4) is 23.8 Å². The van der Waals surface area contributed by atoms with Crippen LogP contribution in [0.15, 0.2) is 18.2 Å². The molecule has 0 unspecified atom stereocenters. The summed E-state index contributed by atoms with van der Waals surface area (Å²) in [4.78, 5) is 23.7. The third kappa shape index (κ3) is 3.79. The molecule has 0 radical (unpaired) electrons. The van der Waals surface area contributed by atoms with Crippen LogP contribution in [0.1, 0.15) is 0 Å². The van der Waals surface area contributed by atoms with E-state index in [0.29, 0.717) is 30.4 Å². The molecule has 0 saturated heterocycles. The Bertz CT molecular complexity index is 594. The summed E-state index contributed by atoms with van der Waals surface area (Å²) < 4.78 is 10.8. The van der Waals surface area contributed by atoms with E-state index in [4.69, 9.17) is 21.0 Å². The van der Waals surface area contributed by atoms with Gasteiger partial charge in [-0.05, 0) is 12.1 Å². The Morgan fingerprint density at radius 1 is 1.33 bits per heavy atom. The number of carboxylic acids is 1. The highest BCUT2D eigenvalue weighted by Gasteiger charge is 2.17. The molecule has 0 saturated carbocycles. The molecule has 0 aromatic heterocycles. The number of terminal acetylenes is 1. The van der Waals surface area contributed by atoms with Crippen molar-refractivity contribution in [2.45, 2.75) is 0 Å². The lowest BCUT2D eigenvalue weighted by atomic mass is 10.2. The second-order valence-electron chi connectivity index (χ2n) is 4.24. The third-order valence-corrected chi connectivity index (χ3v) is 2.69. The molecule has 7 heteroatoms. The third-order valence-electron chi connectivity index (χ3n) is 2.69. The van der Waals surface area contributed by atoms with Gasteiger partial charge in [0.1, 0.15) is 19.8 Å². The van der Waals surface area contributed by atoms with Crippen LogP contribution in [0, 0.1) is 12.3 Å². The Morgan fingerprint density at radius 3 is 2.71 bits per heavy atom. The number of carbonyl (C=O) groups excluding carboxylic acids is 1. The molecular weight excluding hydrogens is 276 g/mol. The van der Waals surface area contributed by atoms with Crippen molar-refractivity contribution in [3.63, 3.8) is 0 Å². The van der Waals surface area contributed by atoms with Crippen molar-refractivity contribution in [2.24, 2.45) is 0 Å². The molecule has 0 bridgehead atoms. The van der Waals surface area contributed by atoms with Gasteiger partial charge in [0.2, 0.25) is 0 Å². The first-order chi connectivity index (χ1) is 10.1. The average Bonchev–Trinajstić information content (AvgIpc) is 2.46. The molecule has 0 spiro atoms. The van der Waals surface area contributed by atoms with Gasteiger partial charge in [-0.3, -0.25) is 4.79 Å². The Labute approximate surface area is 121 Å². The standard InChI is InChI=1S/C14H14N2O5/c1-2-5-16(9-13(17)18)14(19)15-10-3-4-11-12(8-10)21-7-6-20-11/h1,3-4,8H,5-7,9H2,(H,15,19)(H,17,18). The Hall–Kier alpha value is -2.88. The van der Waals surface area contributed by atoms with E-state index >= 15 is 0 Å². The second kappa shape index (κ2) is 6.52. The first-order valence-electron chi connectivity index (χ1n) is 6.21. The molecule has 110 valence electrons. The maximum atomic E-state index is 12.0. The van der Waals surface area contributed by atoms with Crippen molar-refractivity contribution in [1.82, 2.24) is 4.90 Å². The van der Waals surface area contributed by atoms with Crippen LogP contribution in [-0.4, -0.2) is 48.3 Å². The van der Waals surface area contributed by atoms with E-state index in [1.165, 1.54) is 0 Å². The SMILES string of the molecule is C#CCN(CC(=O)O)C(=O)Nc1ccc2c(c1)OCCO2. The summed E-state index contributed by atoms with van der Waals surface area (Å²) in [6, 6.07) is 4.33. The summed E-state index contributed by atoms with van der Waals surface area (Å²) in [6.45, 7) is 0.350. The number of amides is 2. The average molecular weight is 290 g/mol. The van der Waals surface area contributed by atoms with Crippen LogP contribution < -0.4 is 14.8 Å². The number of carboxylic acid groups (broad SMARTS) is 1. The van der Waals surface area contributed by atoms with E-state index in [1.54, 1.807) is 18.2 Å². The van der Waals surface area contributed by atoms with Crippen LogP contribution in [0.25, 0.3) is 0 Å². The van der Waals surface area contributed by atoms with Gasteiger partial charge in [-0.25, -0.2) is 4.79 Å². The van der Waals surface area contributed by atoms with Crippen molar-refractivity contribution in [2.75, 3.05) is 31.6 Å². The van der Waals surface area contributed by atoms with Gasteiger partial charge in [0, 0.05) is 11.8 Å². The quantitative estimate of drug-likeness (QED) is 0.808. The number of ether oxygens (including phenoxy) is 2. The molecule has 7 nitrogen and oxygen atoms in total. The smallest absolute Gasteiger partial charge is 0.323 e. The fourth-order valence-electron chi connectivity index (χ4n) is 1.80. The molecular formula is C14H14N2O5. The minimum atomic E-state index is -1.14. The number of hydrogen-bond acceptors (Lipinski definition) is 4. The highest BCUT2D eigenvalue weighted by Crippen LogP contribution is 2.32. The van der Waals surface area contributed by atoms with Crippen molar-refractivity contribution in [1.29, 1.82) is 0 Å². The summed E-state index contributed by atoms with van der Waals surface area (Å²) >= 11 is 0. The van der Waals surface area contributed by atoms with Gasteiger partial charge >= 0.3 is 12.0 Å². The molecule has 0 aliphatic carbocycles. The largest absolute Gasteiger partial charge is 0.486 e. The molecule has 1 heterocycles. The summed E-state index contributed by atoms with van der Waals surface area (Å²) in [5.41, 5.74) is 0.469. The Balaban J connectivity index is 2.07. The van der Waals surface area contributed by atoms with E-state index in [0.717, 1.165) is 4.90 Å². The highest BCUT2D eigenvalue weighted by molar-refractivity contribution is 5.91. The normalized spacial score (nSPS) is 12.1. The highest BCUT2D eigenvalue weighted by atomic mass is 16.6. The van der Waals surface area contributed by atoms with Gasteiger partial charge in [-0.1, -0.05) is 5.92 Å². The van der Waals surface area contributed by atoms with Crippen LogP contribution >= 0.6 is 0 Å². The number of urea groups is 1.